The lowest BCUT2D eigenvalue weighted by atomic mass is 10.2. The van der Waals surface area contributed by atoms with Crippen molar-refractivity contribution in [1.82, 2.24) is 9.47 Å². The molecule has 0 unspecified atom stereocenters. The van der Waals surface area contributed by atoms with Gasteiger partial charge >= 0.3 is 5.97 Å². The first-order valence-electron chi connectivity index (χ1n) is 6.21. The Kier molecular flexibility index (Phi) is 5.42. The van der Waals surface area contributed by atoms with E-state index in [1.54, 1.807) is 16.8 Å². The maximum absolute atomic E-state index is 12.4. The van der Waals surface area contributed by atoms with Crippen molar-refractivity contribution in [1.29, 1.82) is 0 Å². The first-order chi connectivity index (χ1) is 8.85. The lowest BCUT2D eigenvalue weighted by Gasteiger charge is -2.23. The summed E-state index contributed by atoms with van der Waals surface area (Å²) in [5.41, 5.74) is 0.425. The molecule has 0 atom stereocenters. The van der Waals surface area contributed by atoms with Crippen LogP contribution < -0.4 is 0 Å². The standard InChI is InChI=1S/C13H19ClN2O3/c1-4-15-7-10(14)5-11(15)13(19)16(6-9(2)3)8-12(17)18/h5,7,9H,4,6,8H2,1-3H3,(H,17,18). The molecule has 1 aromatic rings. The van der Waals surface area contributed by atoms with E-state index in [0.717, 1.165) is 0 Å². The Labute approximate surface area is 117 Å². The van der Waals surface area contributed by atoms with Crippen molar-refractivity contribution in [2.24, 2.45) is 5.92 Å². The normalized spacial score (nSPS) is 10.8. The maximum Gasteiger partial charge on any atom is 0.323 e. The summed E-state index contributed by atoms with van der Waals surface area (Å²) in [7, 11) is 0. The number of carboxylic acids is 1. The lowest BCUT2D eigenvalue weighted by Crippen LogP contribution is -2.39. The van der Waals surface area contributed by atoms with Gasteiger partial charge in [0.1, 0.15) is 12.2 Å². The van der Waals surface area contributed by atoms with Crippen molar-refractivity contribution in [2.45, 2.75) is 27.3 Å². The average molecular weight is 287 g/mol. The highest BCUT2D eigenvalue weighted by atomic mass is 35.5. The van der Waals surface area contributed by atoms with Crippen LogP contribution in [0.15, 0.2) is 12.3 Å². The molecule has 1 N–H and O–H groups in total. The Morgan fingerprint density at radius 2 is 2.11 bits per heavy atom. The van der Waals surface area contributed by atoms with E-state index in [9.17, 15) is 9.59 Å². The van der Waals surface area contributed by atoms with Gasteiger partial charge in [0.2, 0.25) is 0 Å². The molecule has 0 aliphatic heterocycles. The minimum Gasteiger partial charge on any atom is -0.480 e. The van der Waals surface area contributed by atoms with Crippen molar-refractivity contribution in [3.63, 3.8) is 0 Å². The second-order valence-electron chi connectivity index (χ2n) is 4.80. The van der Waals surface area contributed by atoms with Crippen LogP contribution in [0.1, 0.15) is 31.3 Å². The SMILES string of the molecule is CCn1cc(Cl)cc1C(=O)N(CC(=O)O)CC(C)C. The minimum atomic E-state index is -1.02. The summed E-state index contributed by atoms with van der Waals surface area (Å²) in [4.78, 5) is 24.6. The van der Waals surface area contributed by atoms with Gasteiger partial charge in [-0.1, -0.05) is 25.4 Å². The highest BCUT2D eigenvalue weighted by molar-refractivity contribution is 6.31. The Morgan fingerprint density at radius 1 is 1.47 bits per heavy atom. The molecule has 5 nitrogen and oxygen atoms in total. The molecule has 0 aromatic carbocycles. The van der Waals surface area contributed by atoms with E-state index in [1.807, 2.05) is 20.8 Å². The van der Waals surface area contributed by atoms with E-state index >= 15 is 0 Å². The highest BCUT2D eigenvalue weighted by Gasteiger charge is 2.22. The van der Waals surface area contributed by atoms with Gasteiger partial charge in [0.05, 0.1) is 5.02 Å². The molecule has 0 saturated heterocycles. The molecule has 1 amide bonds. The number of nitrogens with zero attached hydrogens (tertiary/aromatic N) is 2. The van der Waals surface area contributed by atoms with E-state index < -0.39 is 5.97 Å². The molecule has 0 saturated carbocycles. The fourth-order valence-corrected chi connectivity index (χ4v) is 2.12. The number of halogens is 1. The molecular formula is C13H19ClN2O3. The van der Waals surface area contributed by atoms with E-state index in [0.29, 0.717) is 23.8 Å². The number of hydrogen-bond donors (Lipinski definition) is 1. The van der Waals surface area contributed by atoms with Gasteiger partial charge in [0.15, 0.2) is 0 Å². The van der Waals surface area contributed by atoms with Crippen LogP contribution in [-0.4, -0.2) is 39.5 Å². The number of carbonyl (C=O) groups is 2. The van der Waals surface area contributed by atoms with Crippen LogP contribution in [0.5, 0.6) is 0 Å². The molecule has 106 valence electrons. The first-order valence-corrected chi connectivity index (χ1v) is 6.59. The van der Waals surface area contributed by atoms with E-state index in [4.69, 9.17) is 16.7 Å². The van der Waals surface area contributed by atoms with Crippen LogP contribution in [-0.2, 0) is 11.3 Å². The van der Waals surface area contributed by atoms with Crippen molar-refractivity contribution in [3.8, 4) is 0 Å². The fourth-order valence-electron chi connectivity index (χ4n) is 1.90. The summed E-state index contributed by atoms with van der Waals surface area (Å²) in [5.74, 6) is -1.12. The van der Waals surface area contributed by atoms with Gasteiger partial charge in [0.25, 0.3) is 5.91 Å². The third-order valence-corrected chi connectivity index (χ3v) is 2.83. The largest absolute Gasteiger partial charge is 0.480 e. The van der Waals surface area contributed by atoms with Gasteiger partial charge in [-0.3, -0.25) is 9.59 Å². The van der Waals surface area contributed by atoms with Gasteiger partial charge < -0.3 is 14.6 Å². The molecule has 0 spiro atoms. The molecule has 6 heteroatoms. The monoisotopic (exact) mass is 286 g/mol. The molecule has 1 aromatic heterocycles. The third-order valence-electron chi connectivity index (χ3n) is 2.62. The summed E-state index contributed by atoms with van der Waals surface area (Å²) >= 11 is 5.90. The fraction of sp³-hybridized carbons (Fsp3) is 0.538. The predicted octanol–water partition coefficient (Wildman–Crippen LogP) is 2.34. The summed E-state index contributed by atoms with van der Waals surface area (Å²) in [6.07, 6.45) is 1.67. The molecule has 1 heterocycles. The van der Waals surface area contributed by atoms with Gasteiger partial charge in [0, 0.05) is 19.3 Å². The molecule has 0 fully saturated rings. The van der Waals surface area contributed by atoms with Gasteiger partial charge in [-0.05, 0) is 18.9 Å². The summed E-state index contributed by atoms with van der Waals surface area (Å²) in [6.45, 7) is 6.48. The zero-order chi connectivity index (χ0) is 14.6. The van der Waals surface area contributed by atoms with Crippen molar-refractivity contribution in [2.75, 3.05) is 13.1 Å². The van der Waals surface area contributed by atoms with Crippen LogP contribution >= 0.6 is 11.6 Å². The van der Waals surface area contributed by atoms with Crippen LogP contribution in [0, 0.1) is 5.92 Å². The topological polar surface area (TPSA) is 62.5 Å². The van der Waals surface area contributed by atoms with Crippen LogP contribution in [0.4, 0.5) is 0 Å². The molecule has 0 aliphatic carbocycles. The third kappa shape index (κ3) is 4.28. The van der Waals surface area contributed by atoms with Crippen molar-refractivity contribution >= 4 is 23.5 Å². The zero-order valence-corrected chi connectivity index (χ0v) is 12.1. The number of rotatable bonds is 6. The van der Waals surface area contributed by atoms with Crippen molar-refractivity contribution in [3.05, 3.63) is 23.0 Å². The number of aromatic nitrogens is 1. The highest BCUT2D eigenvalue weighted by Crippen LogP contribution is 2.16. The minimum absolute atomic E-state index is 0.198. The van der Waals surface area contributed by atoms with Gasteiger partial charge in [-0.25, -0.2) is 0 Å². The van der Waals surface area contributed by atoms with Crippen LogP contribution in [0.3, 0.4) is 0 Å². The van der Waals surface area contributed by atoms with E-state index in [-0.39, 0.29) is 18.4 Å². The number of aryl methyl sites for hydroxylation is 1. The molecule has 1 rings (SSSR count). The molecular weight excluding hydrogens is 268 g/mol. The number of carbonyl (C=O) groups excluding carboxylic acids is 1. The van der Waals surface area contributed by atoms with Crippen LogP contribution in [0.2, 0.25) is 5.02 Å². The molecule has 0 aliphatic rings. The lowest BCUT2D eigenvalue weighted by molar-refractivity contribution is -0.137. The number of aliphatic carboxylic acids is 1. The number of amides is 1. The smallest absolute Gasteiger partial charge is 0.323 e. The van der Waals surface area contributed by atoms with E-state index in [2.05, 4.69) is 0 Å². The summed E-state index contributed by atoms with van der Waals surface area (Å²) in [5, 5.41) is 9.37. The predicted molar refractivity (Wildman–Crippen MR) is 73.5 cm³/mol. The summed E-state index contributed by atoms with van der Waals surface area (Å²) in [6, 6.07) is 1.57. The maximum atomic E-state index is 12.4. The second kappa shape index (κ2) is 6.61. The van der Waals surface area contributed by atoms with Crippen LogP contribution in [0.25, 0.3) is 0 Å². The first kappa shape index (κ1) is 15.6. The van der Waals surface area contributed by atoms with Gasteiger partial charge in [-0.2, -0.15) is 0 Å². The second-order valence-corrected chi connectivity index (χ2v) is 5.24. The Bertz CT molecular complexity index is 468. The quantitative estimate of drug-likeness (QED) is 0.873. The number of carboxylic acid groups (broad SMARTS) is 1. The average Bonchev–Trinajstić information content (AvgIpc) is 2.67. The van der Waals surface area contributed by atoms with E-state index in [1.165, 1.54) is 4.90 Å². The molecule has 0 bridgehead atoms. The zero-order valence-electron chi connectivity index (χ0n) is 11.4. The van der Waals surface area contributed by atoms with Gasteiger partial charge in [-0.15, -0.1) is 0 Å². The Morgan fingerprint density at radius 3 is 2.58 bits per heavy atom. The molecule has 0 radical (unpaired) electrons. The molecule has 19 heavy (non-hydrogen) atoms. The van der Waals surface area contributed by atoms with Crippen molar-refractivity contribution < 1.29 is 14.7 Å². The number of hydrogen-bond acceptors (Lipinski definition) is 2. The Hall–Kier alpha value is -1.49. The Balaban J connectivity index is 3.00. The summed E-state index contributed by atoms with van der Waals surface area (Å²) < 4.78 is 1.72.